The van der Waals surface area contributed by atoms with Crippen LogP contribution < -0.4 is 10.6 Å². The van der Waals surface area contributed by atoms with Crippen LogP contribution in [-0.2, 0) is 4.79 Å². The third-order valence-electron chi connectivity index (χ3n) is 2.29. The summed E-state index contributed by atoms with van der Waals surface area (Å²) < 4.78 is 0. The molecule has 0 aliphatic carbocycles. The molecule has 0 saturated heterocycles. The number of nitrogens with zero attached hydrogens (tertiary/aromatic N) is 1. The number of nitrogens with one attached hydrogen (secondary N) is 2. The zero-order valence-corrected chi connectivity index (χ0v) is 11.7. The largest absolute Gasteiger partial charge is 0.507 e. The number of aromatic nitrogens is 1. The fourth-order valence-corrected chi connectivity index (χ4v) is 2.11. The number of hydrogen-bond donors (Lipinski definition) is 3. The van der Waals surface area contributed by atoms with Crippen molar-refractivity contribution in [3.8, 4) is 5.75 Å². The zero-order chi connectivity index (χ0) is 14.5. The Bertz CT molecular complexity index is 631. The quantitative estimate of drug-likeness (QED) is 0.804. The molecule has 0 bridgehead atoms. The topological polar surface area (TPSA) is 91.3 Å². The number of halogens is 1. The van der Waals surface area contributed by atoms with Gasteiger partial charge in [-0.25, -0.2) is 4.98 Å². The van der Waals surface area contributed by atoms with Gasteiger partial charge in [0.1, 0.15) is 5.75 Å². The second-order valence-electron chi connectivity index (χ2n) is 3.73. The number of amides is 2. The lowest BCUT2D eigenvalue weighted by Gasteiger charge is -2.07. The normalized spacial score (nSPS) is 10.1. The maximum absolute atomic E-state index is 11.8. The van der Waals surface area contributed by atoms with Crippen molar-refractivity contribution >= 4 is 39.9 Å². The Kier molecular flexibility index (Phi) is 4.54. The van der Waals surface area contributed by atoms with E-state index in [0.717, 1.165) is 0 Å². The molecule has 0 saturated carbocycles. The molecule has 0 radical (unpaired) electrons. The van der Waals surface area contributed by atoms with Crippen LogP contribution >= 0.6 is 22.9 Å². The number of aromatic hydroxyl groups is 1. The summed E-state index contributed by atoms with van der Waals surface area (Å²) in [6, 6.07) is 4.10. The third kappa shape index (κ3) is 3.69. The van der Waals surface area contributed by atoms with E-state index in [-0.39, 0.29) is 17.9 Å². The molecule has 6 nitrogen and oxygen atoms in total. The summed E-state index contributed by atoms with van der Waals surface area (Å²) in [4.78, 5) is 27.2. The number of carbonyl (C=O) groups excluding carboxylic acids is 2. The van der Waals surface area contributed by atoms with Gasteiger partial charge in [-0.1, -0.05) is 11.6 Å². The van der Waals surface area contributed by atoms with Crippen LogP contribution in [0.15, 0.2) is 29.8 Å². The second kappa shape index (κ2) is 6.36. The van der Waals surface area contributed by atoms with Crippen molar-refractivity contribution in [2.45, 2.75) is 0 Å². The predicted octanol–water partition coefficient (Wildman–Crippen LogP) is 1.87. The van der Waals surface area contributed by atoms with E-state index in [1.807, 2.05) is 0 Å². The van der Waals surface area contributed by atoms with Gasteiger partial charge in [0.25, 0.3) is 5.91 Å². The van der Waals surface area contributed by atoms with Crippen molar-refractivity contribution in [1.29, 1.82) is 0 Å². The maximum Gasteiger partial charge on any atom is 0.255 e. The van der Waals surface area contributed by atoms with Crippen LogP contribution in [0, 0.1) is 0 Å². The first-order chi connectivity index (χ1) is 9.56. The fraction of sp³-hybridized carbons (Fsp3) is 0.0833. The van der Waals surface area contributed by atoms with Gasteiger partial charge in [0, 0.05) is 16.6 Å². The summed E-state index contributed by atoms with van der Waals surface area (Å²) in [6.45, 7) is -0.232. The minimum absolute atomic E-state index is 0.0135. The van der Waals surface area contributed by atoms with Crippen LogP contribution in [0.2, 0.25) is 5.02 Å². The van der Waals surface area contributed by atoms with Gasteiger partial charge in [-0.2, -0.15) is 0 Å². The molecular weight excluding hydrogens is 302 g/mol. The van der Waals surface area contributed by atoms with Crippen LogP contribution in [0.25, 0.3) is 0 Å². The lowest BCUT2D eigenvalue weighted by Crippen LogP contribution is -2.32. The van der Waals surface area contributed by atoms with Crippen molar-refractivity contribution in [3.63, 3.8) is 0 Å². The van der Waals surface area contributed by atoms with Gasteiger partial charge in [-0.3, -0.25) is 9.59 Å². The van der Waals surface area contributed by atoms with E-state index in [1.165, 1.54) is 29.5 Å². The number of phenolic OH excluding ortho intramolecular Hbond substituents is 1. The van der Waals surface area contributed by atoms with E-state index in [4.69, 9.17) is 11.6 Å². The SMILES string of the molecule is O=C(CNC(=O)c1cc(Cl)ccc1O)Nc1nccs1. The summed E-state index contributed by atoms with van der Waals surface area (Å²) in [5, 5.41) is 16.9. The lowest BCUT2D eigenvalue weighted by molar-refractivity contribution is -0.115. The highest BCUT2D eigenvalue weighted by Gasteiger charge is 2.13. The molecular formula is C12H10ClN3O3S. The van der Waals surface area contributed by atoms with Crippen LogP contribution in [0.3, 0.4) is 0 Å². The van der Waals surface area contributed by atoms with Crippen molar-refractivity contribution < 1.29 is 14.7 Å². The van der Waals surface area contributed by atoms with Crippen LogP contribution in [0.5, 0.6) is 5.75 Å². The molecule has 104 valence electrons. The van der Waals surface area contributed by atoms with E-state index >= 15 is 0 Å². The van der Waals surface area contributed by atoms with Crippen LogP contribution in [-0.4, -0.2) is 28.4 Å². The number of phenols is 1. The minimum atomic E-state index is -0.584. The number of thiazole rings is 1. The second-order valence-corrected chi connectivity index (χ2v) is 5.06. The smallest absolute Gasteiger partial charge is 0.255 e. The molecule has 3 N–H and O–H groups in total. The average Bonchev–Trinajstić information content (AvgIpc) is 2.91. The lowest BCUT2D eigenvalue weighted by atomic mass is 10.2. The van der Waals surface area contributed by atoms with Crippen molar-refractivity contribution in [2.75, 3.05) is 11.9 Å². The van der Waals surface area contributed by atoms with Gasteiger partial charge >= 0.3 is 0 Å². The van der Waals surface area contributed by atoms with Crippen molar-refractivity contribution in [1.82, 2.24) is 10.3 Å². The summed E-state index contributed by atoms with van der Waals surface area (Å²) in [5.74, 6) is -1.19. The van der Waals surface area contributed by atoms with Gasteiger partial charge < -0.3 is 15.7 Å². The summed E-state index contributed by atoms with van der Waals surface area (Å²) >= 11 is 7.01. The Hall–Kier alpha value is -2.12. The Morgan fingerprint density at radius 2 is 2.20 bits per heavy atom. The van der Waals surface area contributed by atoms with Crippen molar-refractivity contribution in [2.24, 2.45) is 0 Å². The van der Waals surface area contributed by atoms with Gasteiger partial charge in [-0.15, -0.1) is 11.3 Å². The van der Waals surface area contributed by atoms with E-state index in [9.17, 15) is 14.7 Å². The molecule has 0 atom stereocenters. The maximum atomic E-state index is 11.8. The molecule has 8 heteroatoms. The monoisotopic (exact) mass is 311 g/mol. The highest BCUT2D eigenvalue weighted by atomic mass is 35.5. The Morgan fingerprint density at radius 1 is 1.40 bits per heavy atom. The Balaban J connectivity index is 1.92. The summed E-state index contributed by atoms with van der Waals surface area (Å²) in [7, 11) is 0. The van der Waals surface area contributed by atoms with Gasteiger partial charge in [0.2, 0.25) is 5.91 Å². The number of carbonyl (C=O) groups is 2. The first kappa shape index (κ1) is 14.3. The van der Waals surface area contributed by atoms with E-state index < -0.39 is 11.8 Å². The first-order valence-corrected chi connectivity index (χ1v) is 6.78. The van der Waals surface area contributed by atoms with Crippen molar-refractivity contribution in [3.05, 3.63) is 40.4 Å². The molecule has 1 heterocycles. The van der Waals surface area contributed by atoms with E-state index in [0.29, 0.717) is 10.2 Å². The molecule has 20 heavy (non-hydrogen) atoms. The van der Waals surface area contributed by atoms with Gasteiger partial charge in [0.15, 0.2) is 5.13 Å². The minimum Gasteiger partial charge on any atom is -0.507 e. The summed E-state index contributed by atoms with van der Waals surface area (Å²) in [6.07, 6.45) is 1.56. The highest BCUT2D eigenvalue weighted by molar-refractivity contribution is 7.13. The number of anilines is 1. The number of rotatable bonds is 4. The van der Waals surface area contributed by atoms with E-state index in [1.54, 1.807) is 11.6 Å². The Morgan fingerprint density at radius 3 is 2.90 bits per heavy atom. The molecule has 1 aromatic carbocycles. The zero-order valence-electron chi connectivity index (χ0n) is 10.1. The van der Waals surface area contributed by atoms with Gasteiger partial charge in [-0.05, 0) is 18.2 Å². The fourth-order valence-electron chi connectivity index (χ4n) is 1.39. The molecule has 0 fully saturated rings. The van der Waals surface area contributed by atoms with E-state index in [2.05, 4.69) is 15.6 Å². The molecule has 0 aliphatic rings. The first-order valence-electron chi connectivity index (χ1n) is 5.52. The molecule has 2 aromatic rings. The molecule has 0 unspecified atom stereocenters. The number of hydrogen-bond acceptors (Lipinski definition) is 5. The average molecular weight is 312 g/mol. The predicted molar refractivity (Wildman–Crippen MR) is 76.2 cm³/mol. The molecule has 1 aromatic heterocycles. The number of benzene rings is 1. The molecule has 2 amide bonds. The highest BCUT2D eigenvalue weighted by Crippen LogP contribution is 2.21. The van der Waals surface area contributed by atoms with Crippen LogP contribution in [0.1, 0.15) is 10.4 Å². The molecule has 0 spiro atoms. The van der Waals surface area contributed by atoms with Gasteiger partial charge in [0.05, 0.1) is 12.1 Å². The molecule has 0 aliphatic heterocycles. The molecule has 2 rings (SSSR count). The standard InChI is InChI=1S/C12H10ClN3O3S/c13-7-1-2-9(17)8(5-7)11(19)15-6-10(18)16-12-14-3-4-20-12/h1-5,17H,6H2,(H,15,19)(H,14,16,18). The summed E-state index contributed by atoms with van der Waals surface area (Å²) in [5.41, 5.74) is 0.0135. The third-order valence-corrected chi connectivity index (χ3v) is 3.22. The van der Waals surface area contributed by atoms with Crippen LogP contribution in [0.4, 0.5) is 5.13 Å². The Labute approximate surface area is 123 Å².